The van der Waals surface area contributed by atoms with E-state index in [0.29, 0.717) is 23.7 Å². The highest BCUT2D eigenvalue weighted by Crippen LogP contribution is 2.24. The minimum atomic E-state index is -3.75. The van der Waals surface area contributed by atoms with Gasteiger partial charge in [0.05, 0.1) is 11.9 Å². The van der Waals surface area contributed by atoms with E-state index in [2.05, 4.69) is 5.32 Å². The predicted octanol–water partition coefficient (Wildman–Crippen LogP) is 3.22. The highest BCUT2D eigenvalue weighted by atomic mass is 35.5. The van der Waals surface area contributed by atoms with Crippen LogP contribution in [0.4, 0.5) is 5.69 Å². The average Bonchev–Trinajstić information content (AvgIpc) is 2.75. The van der Waals surface area contributed by atoms with Crippen LogP contribution in [-0.4, -0.2) is 50.5 Å². The molecular formula is C23H30ClN3O4S. The van der Waals surface area contributed by atoms with E-state index in [1.807, 2.05) is 19.1 Å². The molecule has 2 aromatic carbocycles. The predicted molar refractivity (Wildman–Crippen MR) is 128 cm³/mol. The molecule has 9 heteroatoms. The van der Waals surface area contributed by atoms with Crippen molar-refractivity contribution in [2.45, 2.75) is 39.8 Å². The zero-order valence-corrected chi connectivity index (χ0v) is 20.4. The average molecular weight is 480 g/mol. The van der Waals surface area contributed by atoms with Crippen molar-refractivity contribution in [2.24, 2.45) is 0 Å². The van der Waals surface area contributed by atoms with Crippen molar-refractivity contribution in [1.82, 2.24) is 10.2 Å². The number of sulfonamides is 1. The van der Waals surface area contributed by atoms with Gasteiger partial charge in [-0.05, 0) is 49.6 Å². The van der Waals surface area contributed by atoms with Crippen molar-refractivity contribution in [2.75, 3.05) is 23.7 Å². The summed E-state index contributed by atoms with van der Waals surface area (Å²) in [5.41, 5.74) is 2.05. The fourth-order valence-electron chi connectivity index (χ4n) is 3.34. The van der Waals surface area contributed by atoms with Crippen LogP contribution in [0.25, 0.3) is 0 Å². The second-order valence-electron chi connectivity index (χ2n) is 7.47. The Kier molecular flexibility index (Phi) is 9.09. The molecule has 0 saturated carbocycles. The first-order valence-corrected chi connectivity index (χ1v) is 12.7. The molecule has 2 rings (SSSR count). The minimum Gasteiger partial charge on any atom is -0.355 e. The van der Waals surface area contributed by atoms with Gasteiger partial charge in [0.25, 0.3) is 0 Å². The van der Waals surface area contributed by atoms with Crippen LogP contribution < -0.4 is 9.62 Å². The lowest BCUT2D eigenvalue weighted by Gasteiger charge is -2.32. The molecule has 174 valence electrons. The van der Waals surface area contributed by atoms with E-state index < -0.39 is 28.5 Å². The summed E-state index contributed by atoms with van der Waals surface area (Å²) in [6.07, 6.45) is 1.68. The van der Waals surface area contributed by atoms with Gasteiger partial charge in [0.2, 0.25) is 21.8 Å². The summed E-state index contributed by atoms with van der Waals surface area (Å²) in [7, 11) is -3.75. The number of anilines is 1. The molecule has 0 bridgehead atoms. The number of nitrogens with one attached hydrogen (secondary N) is 1. The number of halogens is 1. The van der Waals surface area contributed by atoms with Crippen LogP contribution >= 0.6 is 11.6 Å². The Balaban J connectivity index is 2.41. The lowest BCUT2D eigenvalue weighted by molar-refractivity contribution is -0.139. The highest BCUT2D eigenvalue weighted by molar-refractivity contribution is 7.92. The smallest absolute Gasteiger partial charge is 0.244 e. The molecule has 0 saturated heterocycles. The normalized spacial score (nSPS) is 12.2. The number of rotatable bonds is 10. The lowest BCUT2D eigenvalue weighted by atomic mass is 10.1. The molecular weight excluding hydrogens is 450 g/mol. The summed E-state index contributed by atoms with van der Waals surface area (Å²) in [5.74, 6) is -0.787. The third kappa shape index (κ3) is 6.71. The summed E-state index contributed by atoms with van der Waals surface area (Å²) in [5, 5.41) is 3.28. The molecule has 0 spiro atoms. The fraction of sp³-hybridized carbons (Fsp3) is 0.391. The maximum absolute atomic E-state index is 13.4. The molecule has 2 amide bonds. The standard InChI is InChI=1S/C23H30ClN3O4S/c1-5-19-9-7-8-10-21(19)27(32(4,30)31)16-22(28)26(17(3)23(29)25-6-2)15-18-11-13-20(24)14-12-18/h7-14,17H,5-6,15-16H2,1-4H3,(H,25,29)/t17-/m1/s1. The van der Waals surface area contributed by atoms with Crippen LogP contribution in [0.3, 0.4) is 0 Å². The van der Waals surface area contributed by atoms with E-state index >= 15 is 0 Å². The summed E-state index contributed by atoms with van der Waals surface area (Å²) in [4.78, 5) is 27.3. The van der Waals surface area contributed by atoms with Crippen LogP contribution in [0.5, 0.6) is 0 Å². The number of likely N-dealkylation sites (N-methyl/N-ethyl adjacent to an activating group) is 1. The SMILES string of the molecule is CCNC(=O)[C@@H](C)N(Cc1ccc(Cl)cc1)C(=O)CN(c1ccccc1CC)S(C)(=O)=O. The lowest BCUT2D eigenvalue weighted by Crippen LogP contribution is -2.51. The Morgan fingerprint density at radius 1 is 1.06 bits per heavy atom. The number of hydrogen-bond donors (Lipinski definition) is 1. The van der Waals surface area contributed by atoms with Crippen LogP contribution in [0.1, 0.15) is 31.9 Å². The van der Waals surface area contributed by atoms with Gasteiger partial charge in [0.1, 0.15) is 12.6 Å². The van der Waals surface area contributed by atoms with Gasteiger partial charge in [-0.2, -0.15) is 0 Å². The van der Waals surface area contributed by atoms with Crippen LogP contribution in [0.2, 0.25) is 5.02 Å². The molecule has 0 fully saturated rings. The summed E-state index contributed by atoms with van der Waals surface area (Å²) >= 11 is 5.96. The topological polar surface area (TPSA) is 86.8 Å². The van der Waals surface area contributed by atoms with Crippen LogP contribution in [0.15, 0.2) is 48.5 Å². The first-order valence-electron chi connectivity index (χ1n) is 10.5. The second kappa shape index (κ2) is 11.3. The zero-order chi connectivity index (χ0) is 23.9. The molecule has 0 heterocycles. The third-order valence-electron chi connectivity index (χ3n) is 5.10. The molecule has 0 unspecified atom stereocenters. The van der Waals surface area contributed by atoms with Crippen LogP contribution in [-0.2, 0) is 32.6 Å². The van der Waals surface area contributed by atoms with E-state index in [1.54, 1.807) is 50.2 Å². The van der Waals surface area contributed by atoms with Crippen LogP contribution in [0, 0.1) is 0 Å². The summed E-state index contributed by atoms with van der Waals surface area (Å²) in [6, 6.07) is 13.2. The molecule has 0 aromatic heterocycles. The molecule has 1 atom stereocenters. The Bertz CT molecular complexity index is 1040. The molecule has 0 radical (unpaired) electrons. The molecule has 0 aliphatic heterocycles. The number of nitrogens with zero attached hydrogens (tertiary/aromatic N) is 2. The van der Waals surface area contributed by atoms with Gasteiger partial charge in [-0.1, -0.05) is 48.9 Å². The molecule has 2 aromatic rings. The number of amides is 2. The Morgan fingerprint density at radius 3 is 2.25 bits per heavy atom. The van der Waals surface area contributed by atoms with Crippen molar-refractivity contribution in [3.63, 3.8) is 0 Å². The molecule has 0 aliphatic rings. The summed E-state index contributed by atoms with van der Waals surface area (Å²) in [6.45, 7) is 5.50. The summed E-state index contributed by atoms with van der Waals surface area (Å²) < 4.78 is 26.3. The number of hydrogen-bond acceptors (Lipinski definition) is 4. The van der Waals surface area contributed by atoms with Gasteiger partial charge in [0, 0.05) is 18.1 Å². The minimum absolute atomic E-state index is 0.140. The Labute approximate surface area is 195 Å². The van der Waals surface area contributed by atoms with Crippen molar-refractivity contribution >= 4 is 39.1 Å². The van der Waals surface area contributed by atoms with E-state index in [4.69, 9.17) is 11.6 Å². The van der Waals surface area contributed by atoms with Crippen molar-refractivity contribution < 1.29 is 18.0 Å². The number of carbonyl (C=O) groups excluding carboxylic acids is 2. The van der Waals surface area contributed by atoms with E-state index in [1.165, 1.54) is 4.90 Å². The van der Waals surface area contributed by atoms with Crippen molar-refractivity contribution in [3.8, 4) is 0 Å². The number of para-hydroxylation sites is 1. The number of benzene rings is 2. The second-order valence-corrected chi connectivity index (χ2v) is 9.81. The quantitative estimate of drug-likeness (QED) is 0.566. The van der Waals surface area contributed by atoms with Gasteiger partial charge < -0.3 is 10.2 Å². The van der Waals surface area contributed by atoms with Gasteiger partial charge in [-0.3, -0.25) is 13.9 Å². The highest BCUT2D eigenvalue weighted by Gasteiger charge is 2.30. The molecule has 7 nitrogen and oxygen atoms in total. The van der Waals surface area contributed by atoms with Gasteiger partial charge >= 0.3 is 0 Å². The van der Waals surface area contributed by atoms with Crippen molar-refractivity contribution in [1.29, 1.82) is 0 Å². The monoisotopic (exact) mass is 479 g/mol. The Morgan fingerprint density at radius 2 is 1.69 bits per heavy atom. The van der Waals surface area contributed by atoms with Gasteiger partial charge in [0.15, 0.2) is 0 Å². The number of carbonyl (C=O) groups is 2. The fourth-order valence-corrected chi connectivity index (χ4v) is 4.35. The maximum atomic E-state index is 13.4. The van der Waals surface area contributed by atoms with Crippen molar-refractivity contribution in [3.05, 3.63) is 64.7 Å². The first-order chi connectivity index (χ1) is 15.1. The van der Waals surface area contributed by atoms with Gasteiger partial charge in [-0.15, -0.1) is 0 Å². The largest absolute Gasteiger partial charge is 0.355 e. The molecule has 32 heavy (non-hydrogen) atoms. The maximum Gasteiger partial charge on any atom is 0.244 e. The van der Waals surface area contributed by atoms with E-state index in [9.17, 15) is 18.0 Å². The molecule has 1 N–H and O–H groups in total. The van der Waals surface area contributed by atoms with Gasteiger partial charge in [-0.25, -0.2) is 8.42 Å². The number of aryl methyl sites for hydroxylation is 1. The van der Waals surface area contributed by atoms with E-state index in [-0.39, 0.29) is 12.5 Å². The first kappa shape index (κ1) is 25.7. The third-order valence-corrected chi connectivity index (χ3v) is 6.48. The Hall–Kier alpha value is -2.58. The molecule has 0 aliphatic carbocycles. The zero-order valence-electron chi connectivity index (χ0n) is 18.8. The van der Waals surface area contributed by atoms with E-state index in [0.717, 1.165) is 21.7 Å².